The van der Waals surface area contributed by atoms with E-state index in [1.807, 2.05) is 18.5 Å². The highest BCUT2D eigenvalue weighted by atomic mass is 127. The Labute approximate surface area is 181 Å². The molecule has 1 aromatic heterocycles. The van der Waals surface area contributed by atoms with Crippen LogP contribution in [0.3, 0.4) is 0 Å². The van der Waals surface area contributed by atoms with Crippen LogP contribution in [0.4, 0.5) is 4.39 Å². The molecule has 0 bridgehead atoms. The Morgan fingerprint density at radius 3 is 3.00 bits per heavy atom. The van der Waals surface area contributed by atoms with Gasteiger partial charge in [0.25, 0.3) is 0 Å². The molecule has 2 aromatic rings. The maximum absolute atomic E-state index is 13.9. The first-order valence-corrected chi connectivity index (χ1v) is 9.32. The maximum atomic E-state index is 13.9. The fourth-order valence-electron chi connectivity index (χ4n) is 3.12. The molecule has 2 heterocycles. The number of aryl methyl sites for hydroxylation is 2. The Balaban J connectivity index is 0.00000261. The first kappa shape index (κ1) is 21.9. The van der Waals surface area contributed by atoms with Crippen molar-refractivity contribution in [3.05, 3.63) is 46.3 Å². The highest BCUT2D eigenvalue weighted by molar-refractivity contribution is 14.0. The van der Waals surface area contributed by atoms with Crippen molar-refractivity contribution < 1.29 is 4.39 Å². The van der Waals surface area contributed by atoms with Crippen molar-refractivity contribution in [2.24, 2.45) is 4.99 Å². The lowest BCUT2D eigenvalue weighted by atomic mass is 10.1. The van der Waals surface area contributed by atoms with Crippen molar-refractivity contribution in [2.75, 3.05) is 13.1 Å². The zero-order valence-corrected chi connectivity index (χ0v) is 18.6. The average Bonchev–Trinajstić information content (AvgIpc) is 2.97. The molecule has 1 aliphatic rings. The fraction of sp³-hybridized carbons (Fsp3) is 0.500. The number of nitrogens with one attached hydrogen (secondary N) is 2. The van der Waals surface area contributed by atoms with Gasteiger partial charge in [0.15, 0.2) is 5.96 Å². The van der Waals surface area contributed by atoms with Crippen molar-refractivity contribution >= 4 is 41.5 Å². The molecule has 0 saturated carbocycles. The van der Waals surface area contributed by atoms with Gasteiger partial charge in [0.05, 0.1) is 6.54 Å². The SMILES string of the molecule is CCNC(=NCCc1c(F)cccc1Cl)NC1CCc2nc(C)nn2C1.I. The van der Waals surface area contributed by atoms with E-state index in [2.05, 4.69) is 25.7 Å². The van der Waals surface area contributed by atoms with E-state index in [0.29, 0.717) is 23.6 Å². The van der Waals surface area contributed by atoms with Gasteiger partial charge in [-0.25, -0.2) is 14.1 Å². The lowest BCUT2D eigenvalue weighted by Gasteiger charge is -2.25. The molecule has 1 aliphatic heterocycles. The molecule has 0 radical (unpaired) electrons. The Kier molecular flexibility index (Phi) is 8.28. The first-order valence-electron chi connectivity index (χ1n) is 8.95. The molecule has 27 heavy (non-hydrogen) atoms. The van der Waals surface area contributed by atoms with Gasteiger partial charge in [0.2, 0.25) is 0 Å². The summed E-state index contributed by atoms with van der Waals surface area (Å²) in [7, 11) is 0. The van der Waals surface area contributed by atoms with Crippen molar-refractivity contribution in [3.63, 3.8) is 0 Å². The molecule has 6 nitrogen and oxygen atoms in total. The minimum Gasteiger partial charge on any atom is -0.357 e. The predicted molar refractivity (Wildman–Crippen MR) is 117 cm³/mol. The monoisotopic (exact) mass is 506 g/mol. The summed E-state index contributed by atoms with van der Waals surface area (Å²) in [6.07, 6.45) is 2.32. The third-order valence-electron chi connectivity index (χ3n) is 4.34. The van der Waals surface area contributed by atoms with Crippen molar-refractivity contribution in [3.8, 4) is 0 Å². The third-order valence-corrected chi connectivity index (χ3v) is 4.70. The van der Waals surface area contributed by atoms with Crippen LogP contribution in [0.25, 0.3) is 0 Å². The molecular formula is C18H25ClFIN6. The topological polar surface area (TPSA) is 67.1 Å². The summed E-state index contributed by atoms with van der Waals surface area (Å²) in [5.41, 5.74) is 0.508. The summed E-state index contributed by atoms with van der Waals surface area (Å²) < 4.78 is 15.8. The van der Waals surface area contributed by atoms with Crippen LogP contribution in [0.1, 0.15) is 30.6 Å². The second-order valence-electron chi connectivity index (χ2n) is 6.35. The minimum atomic E-state index is -0.285. The lowest BCUT2D eigenvalue weighted by molar-refractivity contribution is 0.392. The zero-order valence-electron chi connectivity index (χ0n) is 15.5. The van der Waals surface area contributed by atoms with Gasteiger partial charge < -0.3 is 10.6 Å². The molecule has 148 valence electrons. The van der Waals surface area contributed by atoms with Crippen LogP contribution >= 0.6 is 35.6 Å². The van der Waals surface area contributed by atoms with Gasteiger partial charge in [-0.2, -0.15) is 5.10 Å². The van der Waals surface area contributed by atoms with Crippen LogP contribution in [0.2, 0.25) is 5.02 Å². The minimum absolute atomic E-state index is 0. The summed E-state index contributed by atoms with van der Waals surface area (Å²) >= 11 is 6.08. The molecule has 2 N–H and O–H groups in total. The van der Waals surface area contributed by atoms with Crippen LogP contribution in [-0.2, 0) is 19.4 Å². The quantitative estimate of drug-likeness (QED) is 0.372. The molecule has 3 rings (SSSR count). The highest BCUT2D eigenvalue weighted by Gasteiger charge is 2.21. The van der Waals surface area contributed by atoms with E-state index in [1.54, 1.807) is 12.1 Å². The predicted octanol–water partition coefficient (Wildman–Crippen LogP) is 3.11. The summed E-state index contributed by atoms with van der Waals surface area (Å²) in [4.78, 5) is 9.00. The maximum Gasteiger partial charge on any atom is 0.191 e. The summed E-state index contributed by atoms with van der Waals surface area (Å²) in [6.45, 7) is 5.90. The van der Waals surface area contributed by atoms with Crippen LogP contribution < -0.4 is 10.6 Å². The number of hydrogen-bond acceptors (Lipinski definition) is 3. The average molecular weight is 507 g/mol. The number of halogens is 3. The number of fused-ring (bicyclic) bond motifs is 1. The van der Waals surface area contributed by atoms with E-state index in [-0.39, 0.29) is 35.8 Å². The zero-order chi connectivity index (χ0) is 18.5. The molecule has 0 saturated heterocycles. The Bertz CT molecular complexity index is 774. The largest absolute Gasteiger partial charge is 0.357 e. The number of rotatable bonds is 5. The standard InChI is InChI=1S/C18H24ClFN6.HI/c1-3-21-18(22-10-9-14-15(19)5-4-6-16(14)20)24-13-7-8-17-23-12(2)25-26(17)11-13;/h4-6,13H,3,7-11H2,1-2H3,(H2,21,22,24);1H. The molecular weight excluding hydrogens is 482 g/mol. The molecule has 0 fully saturated rings. The molecule has 0 spiro atoms. The number of nitrogens with zero attached hydrogens (tertiary/aromatic N) is 4. The van der Waals surface area contributed by atoms with Crippen molar-refractivity contribution in [2.45, 2.75) is 45.7 Å². The fourth-order valence-corrected chi connectivity index (χ4v) is 3.37. The van der Waals surface area contributed by atoms with Gasteiger partial charge in [0, 0.05) is 36.1 Å². The van der Waals surface area contributed by atoms with Gasteiger partial charge in [0.1, 0.15) is 17.5 Å². The van der Waals surface area contributed by atoms with E-state index >= 15 is 0 Å². The van der Waals surface area contributed by atoms with Gasteiger partial charge >= 0.3 is 0 Å². The summed E-state index contributed by atoms with van der Waals surface area (Å²) in [5, 5.41) is 11.6. The Morgan fingerprint density at radius 1 is 1.44 bits per heavy atom. The number of aliphatic imine (C=N–C) groups is 1. The van der Waals surface area contributed by atoms with E-state index in [1.165, 1.54) is 6.07 Å². The van der Waals surface area contributed by atoms with Crippen molar-refractivity contribution in [1.82, 2.24) is 25.4 Å². The number of guanidine groups is 1. The van der Waals surface area contributed by atoms with Gasteiger partial charge in [-0.05, 0) is 38.8 Å². The lowest BCUT2D eigenvalue weighted by Crippen LogP contribution is -2.47. The Morgan fingerprint density at radius 2 is 2.26 bits per heavy atom. The molecule has 1 unspecified atom stereocenters. The Hall–Kier alpha value is -1.42. The number of aromatic nitrogens is 3. The molecule has 0 amide bonds. The van der Waals surface area contributed by atoms with E-state index < -0.39 is 0 Å². The molecule has 1 aromatic carbocycles. The van der Waals surface area contributed by atoms with Crippen LogP contribution in [0.15, 0.2) is 23.2 Å². The smallest absolute Gasteiger partial charge is 0.191 e. The molecule has 0 aliphatic carbocycles. The molecule has 9 heteroatoms. The van der Waals surface area contributed by atoms with E-state index in [0.717, 1.165) is 43.5 Å². The van der Waals surface area contributed by atoms with Crippen LogP contribution in [-0.4, -0.2) is 39.9 Å². The summed E-state index contributed by atoms with van der Waals surface area (Å²) in [6, 6.07) is 4.97. The normalized spacial score (nSPS) is 16.4. The van der Waals surface area contributed by atoms with Crippen LogP contribution in [0, 0.1) is 12.7 Å². The third kappa shape index (κ3) is 5.78. The molecule has 1 atom stereocenters. The highest BCUT2D eigenvalue weighted by Crippen LogP contribution is 2.19. The number of benzene rings is 1. The second kappa shape index (κ2) is 10.2. The second-order valence-corrected chi connectivity index (χ2v) is 6.76. The summed E-state index contributed by atoms with van der Waals surface area (Å²) in [5.74, 6) is 2.29. The van der Waals surface area contributed by atoms with Gasteiger partial charge in [-0.3, -0.25) is 4.99 Å². The van der Waals surface area contributed by atoms with Gasteiger partial charge in [-0.15, -0.1) is 24.0 Å². The number of hydrogen-bond donors (Lipinski definition) is 2. The van der Waals surface area contributed by atoms with Gasteiger partial charge in [-0.1, -0.05) is 17.7 Å². The van der Waals surface area contributed by atoms with Crippen molar-refractivity contribution in [1.29, 1.82) is 0 Å². The van der Waals surface area contributed by atoms with E-state index in [4.69, 9.17) is 11.6 Å². The first-order chi connectivity index (χ1) is 12.6. The van der Waals surface area contributed by atoms with Crippen LogP contribution in [0.5, 0.6) is 0 Å². The van der Waals surface area contributed by atoms with E-state index in [9.17, 15) is 4.39 Å².